The van der Waals surface area contributed by atoms with Crippen LogP contribution in [0.3, 0.4) is 0 Å². The number of rotatable bonds is 4. The second-order valence-corrected chi connectivity index (χ2v) is 7.76. The van der Waals surface area contributed by atoms with Crippen molar-refractivity contribution in [1.82, 2.24) is 4.98 Å². The summed E-state index contributed by atoms with van der Waals surface area (Å²) >= 11 is 1.59. The molecule has 3 aromatic carbocycles. The highest BCUT2D eigenvalue weighted by Crippen LogP contribution is 2.40. The number of hydrazone groups is 1. The Labute approximate surface area is 173 Å². The molecule has 5 heteroatoms. The SMILES string of the molecule is Oc1ccccc1C1=NN(c2nc(-c3ccccc3)cs2)[C@@H](c2ccccc2)C1. The molecule has 1 aliphatic rings. The number of aromatic hydroxyl groups is 1. The Morgan fingerprint density at radius 2 is 1.55 bits per heavy atom. The van der Waals surface area contributed by atoms with Crippen LogP contribution in [-0.4, -0.2) is 15.8 Å². The van der Waals surface area contributed by atoms with E-state index in [1.807, 2.05) is 59.6 Å². The fraction of sp³-hybridized carbons (Fsp3) is 0.0833. The molecule has 142 valence electrons. The van der Waals surface area contributed by atoms with E-state index in [0.717, 1.165) is 27.7 Å². The van der Waals surface area contributed by atoms with Crippen molar-refractivity contribution in [3.8, 4) is 17.0 Å². The van der Waals surface area contributed by atoms with Crippen molar-refractivity contribution in [1.29, 1.82) is 0 Å². The summed E-state index contributed by atoms with van der Waals surface area (Å²) < 4.78 is 0. The number of thiazole rings is 1. The minimum absolute atomic E-state index is 0.0422. The first-order valence-electron chi connectivity index (χ1n) is 9.50. The molecular weight excluding hydrogens is 378 g/mol. The number of aromatic nitrogens is 1. The highest BCUT2D eigenvalue weighted by Gasteiger charge is 2.32. The molecule has 1 atom stereocenters. The van der Waals surface area contributed by atoms with Gasteiger partial charge in [-0.15, -0.1) is 11.3 Å². The maximum Gasteiger partial charge on any atom is 0.207 e. The molecule has 1 N–H and O–H groups in total. The maximum atomic E-state index is 10.3. The van der Waals surface area contributed by atoms with Crippen molar-refractivity contribution in [2.24, 2.45) is 5.10 Å². The van der Waals surface area contributed by atoms with Crippen LogP contribution in [0.15, 0.2) is 95.4 Å². The summed E-state index contributed by atoms with van der Waals surface area (Å²) in [4.78, 5) is 4.86. The van der Waals surface area contributed by atoms with Gasteiger partial charge in [0.25, 0.3) is 0 Å². The zero-order chi connectivity index (χ0) is 19.6. The Morgan fingerprint density at radius 3 is 2.31 bits per heavy atom. The van der Waals surface area contributed by atoms with Gasteiger partial charge in [0.15, 0.2) is 0 Å². The van der Waals surface area contributed by atoms with Gasteiger partial charge in [-0.1, -0.05) is 72.8 Å². The van der Waals surface area contributed by atoms with Crippen LogP contribution in [0.4, 0.5) is 5.13 Å². The number of anilines is 1. The molecule has 1 aliphatic heterocycles. The van der Waals surface area contributed by atoms with Crippen molar-refractivity contribution in [3.63, 3.8) is 0 Å². The summed E-state index contributed by atoms with van der Waals surface area (Å²) in [6, 6.07) is 27.9. The molecule has 1 aromatic heterocycles. The monoisotopic (exact) mass is 397 g/mol. The summed E-state index contributed by atoms with van der Waals surface area (Å²) in [5, 5.41) is 20.1. The molecule has 5 rings (SSSR count). The van der Waals surface area contributed by atoms with Crippen LogP contribution in [-0.2, 0) is 0 Å². The average molecular weight is 398 g/mol. The molecule has 0 radical (unpaired) electrons. The van der Waals surface area contributed by atoms with Crippen molar-refractivity contribution >= 4 is 22.2 Å². The van der Waals surface area contributed by atoms with Gasteiger partial charge in [-0.2, -0.15) is 5.10 Å². The molecule has 0 aliphatic carbocycles. The van der Waals surface area contributed by atoms with E-state index < -0.39 is 0 Å². The number of hydrogen-bond donors (Lipinski definition) is 1. The highest BCUT2D eigenvalue weighted by atomic mass is 32.1. The number of phenols is 1. The van der Waals surface area contributed by atoms with E-state index in [1.165, 1.54) is 5.56 Å². The first kappa shape index (κ1) is 17.6. The van der Waals surface area contributed by atoms with E-state index in [-0.39, 0.29) is 11.8 Å². The van der Waals surface area contributed by atoms with Crippen LogP contribution in [0.5, 0.6) is 5.75 Å². The average Bonchev–Trinajstić information content (AvgIpc) is 3.43. The normalized spacial score (nSPS) is 16.1. The Bertz CT molecular complexity index is 1150. The Hall–Kier alpha value is -3.44. The van der Waals surface area contributed by atoms with E-state index in [2.05, 4.69) is 29.6 Å². The van der Waals surface area contributed by atoms with Crippen LogP contribution < -0.4 is 5.01 Å². The van der Waals surface area contributed by atoms with E-state index >= 15 is 0 Å². The van der Waals surface area contributed by atoms with Crippen molar-refractivity contribution in [2.45, 2.75) is 12.5 Å². The quantitative estimate of drug-likeness (QED) is 0.468. The third-order valence-corrected chi connectivity index (χ3v) is 5.90. The van der Waals surface area contributed by atoms with Gasteiger partial charge in [0.05, 0.1) is 17.4 Å². The predicted molar refractivity (Wildman–Crippen MR) is 118 cm³/mol. The van der Waals surface area contributed by atoms with Crippen LogP contribution in [0.25, 0.3) is 11.3 Å². The van der Waals surface area contributed by atoms with Gasteiger partial charge in [0, 0.05) is 22.9 Å². The van der Waals surface area contributed by atoms with Gasteiger partial charge in [-0.3, -0.25) is 0 Å². The summed E-state index contributed by atoms with van der Waals surface area (Å²) in [6.45, 7) is 0. The highest BCUT2D eigenvalue weighted by molar-refractivity contribution is 7.14. The molecule has 0 unspecified atom stereocenters. The van der Waals surface area contributed by atoms with Crippen LogP contribution >= 0.6 is 11.3 Å². The van der Waals surface area contributed by atoms with Crippen LogP contribution in [0.2, 0.25) is 0 Å². The predicted octanol–water partition coefficient (Wildman–Crippen LogP) is 5.87. The van der Waals surface area contributed by atoms with Crippen LogP contribution in [0.1, 0.15) is 23.6 Å². The summed E-state index contributed by atoms with van der Waals surface area (Å²) in [7, 11) is 0. The Balaban J connectivity index is 1.56. The number of nitrogens with zero attached hydrogens (tertiary/aromatic N) is 3. The lowest BCUT2D eigenvalue weighted by Gasteiger charge is -2.21. The van der Waals surface area contributed by atoms with Crippen molar-refractivity contribution in [3.05, 3.63) is 101 Å². The summed E-state index contributed by atoms with van der Waals surface area (Å²) in [5.41, 5.74) is 4.86. The molecule has 4 aromatic rings. The fourth-order valence-electron chi connectivity index (χ4n) is 3.61. The largest absolute Gasteiger partial charge is 0.507 e. The molecule has 0 spiro atoms. The first-order chi connectivity index (χ1) is 14.3. The lowest BCUT2D eigenvalue weighted by atomic mass is 9.98. The minimum atomic E-state index is 0.0422. The molecule has 0 amide bonds. The van der Waals surface area contributed by atoms with Crippen LogP contribution in [0, 0.1) is 0 Å². The summed E-state index contributed by atoms with van der Waals surface area (Å²) in [5.74, 6) is 0.254. The van der Waals surface area contributed by atoms with Gasteiger partial charge in [-0.25, -0.2) is 9.99 Å². The van der Waals surface area contributed by atoms with E-state index in [1.54, 1.807) is 17.4 Å². The number of benzene rings is 3. The zero-order valence-electron chi connectivity index (χ0n) is 15.6. The fourth-order valence-corrected chi connectivity index (χ4v) is 4.45. The van der Waals surface area contributed by atoms with Gasteiger partial charge in [0.1, 0.15) is 5.75 Å². The zero-order valence-corrected chi connectivity index (χ0v) is 16.5. The standard InChI is InChI=1S/C24H19N3OS/c28-23-14-8-7-13-19(23)20-15-22(18-11-5-2-6-12-18)27(26-20)24-25-21(16-29-24)17-9-3-1-4-10-17/h1-14,16,22,28H,15H2/t22-/m1/s1. The topological polar surface area (TPSA) is 48.7 Å². The molecule has 0 saturated heterocycles. The second kappa shape index (κ2) is 7.53. The molecule has 2 heterocycles. The lowest BCUT2D eigenvalue weighted by Crippen LogP contribution is -2.18. The van der Waals surface area contributed by atoms with Gasteiger partial charge in [-0.05, 0) is 17.7 Å². The van der Waals surface area contributed by atoms with Gasteiger partial charge < -0.3 is 5.11 Å². The maximum absolute atomic E-state index is 10.3. The Kier molecular flexibility index (Phi) is 4.58. The number of hydrogen-bond acceptors (Lipinski definition) is 5. The minimum Gasteiger partial charge on any atom is -0.507 e. The summed E-state index contributed by atoms with van der Waals surface area (Å²) in [6.07, 6.45) is 0.710. The Morgan fingerprint density at radius 1 is 0.862 bits per heavy atom. The van der Waals surface area contributed by atoms with Gasteiger partial charge in [0.2, 0.25) is 5.13 Å². The number of phenolic OH excluding ortho intramolecular Hbond substituents is 1. The molecule has 4 nitrogen and oxygen atoms in total. The molecular formula is C24H19N3OS. The van der Waals surface area contributed by atoms with E-state index in [9.17, 15) is 5.11 Å². The third-order valence-electron chi connectivity index (χ3n) is 5.07. The molecule has 0 saturated carbocycles. The lowest BCUT2D eigenvalue weighted by molar-refractivity contribution is 0.474. The molecule has 29 heavy (non-hydrogen) atoms. The van der Waals surface area contributed by atoms with Gasteiger partial charge >= 0.3 is 0 Å². The van der Waals surface area contributed by atoms with Crippen molar-refractivity contribution in [2.75, 3.05) is 5.01 Å². The third kappa shape index (κ3) is 3.41. The molecule has 0 bridgehead atoms. The molecule has 0 fully saturated rings. The smallest absolute Gasteiger partial charge is 0.207 e. The van der Waals surface area contributed by atoms with Crippen molar-refractivity contribution < 1.29 is 5.11 Å². The number of para-hydroxylation sites is 1. The first-order valence-corrected chi connectivity index (χ1v) is 10.4. The van der Waals surface area contributed by atoms with E-state index in [4.69, 9.17) is 10.1 Å². The van der Waals surface area contributed by atoms with E-state index in [0.29, 0.717) is 6.42 Å². The second-order valence-electron chi connectivity index (χ2n) is 6.92.